The molecule has 0 saturated heterocycles. The zero-order valence-corrected chi connectivity index (χ0v) is 12.1. The molecule has 1 N–H and O–H groups in total. The summed E-state index contributed by atoms with van der Waals surface area (Å²) >= 11 is 3.60. The molecular formula is C15H17BrN2. The van der Waals surface area contributed by atoms with E-state index >= 15 is 0 Å². The molecule has 0 fully saturated rings. The van der Waals surface area contributed by atoms with Crippen LogP contribution < -0.4 is 5.32 Å². The summed E-state index contributed by atoms with van der Waals surface area (Å²) in [7, 11) is 0. The molecule has 0 aliphatic heterocycles. The van der Waals surface area contributed by atoms with E-state index in [2.05, 4.69) is 63.5 Å². The Kier molecular flexibility index (Phi) is 4.90. The number of hydrogen-bond donors (Lipinski definition) is 1. The Labute approximate surface area is 117 Å². The summed E-state index contributed by atoms with van der Waals surface area (Å²) in [5, 5.41) is 3.46. The minimum Gasteiger partial charge on any atom is -0.312 e. The molecule has 0 spiro atoms. The molecule has 0 unspecified atom stereocenters. The molecule has 0 aliphatic carbocycles. The highest BCUT2D eigenvalue weighted by Crippen LogP contribution is 2.17. The highest BCUT2D eigenvalue weighted by Gasteiger charge is 1.99. The van der Waals surface area contributed by atoms with Crippen LogP contribution in [-0.2, 0) is 13.0 Å². The number of benzene rings is 1. The lowest BCUT2D eigenvalue weighted by Crippen LogP contribution is -2.17. The molecule has 2 nitrogen and oxygen atoms in total. The summed E-state index contributed by atoms with van der Waals surface area (Å²) in [6.07, 6.45) is 4.71. The van der Waals surface area contributed by atoms with Gasteiger partial charge < -0.3 is 5.32 Å². The molecule has 0 saturated carbocycles. The van der Waals surface area contributed by atoms with Crippen LogP contribution in [0, 0.1) is 6.92 Å². The largest absolute Gasteiger partial charge is 0.312 e. The van der Waals surface area contributed by atoms with Gasteiger partial charge in [0.1, 0.15) is 0 Å². The van der Waals surface area contributed by atoms with Crippen molar-refractivity contribution in [3.63, 3.8) is 0 Å². The van der Waals surface area contributed by atoms with Crippen LogP contribution in [-0.4, -0.2) is 11.5 Å². The second-order valence-corrected chi connectivity index (χ2v) is 5.23. The molecule has 1 aromatic carbocycles. The number of aromatic nitrogens is 1. The number of pyridine rings is 1. The van der Waals surface area contributed by atoms with E-state index in [9.17, 15) is 0 Å². The van der Waals surface area contributed by atoms with Crippen molar-refractivity contribution in [3.05, 3.63) is 63.9 Å². The SMILES string of the molecule is Cc1ccc(CNCCc2ccncc2)c(Br)c1. The van der Waals surface area contributed by atoms with Crippen molar-refractivity contribution in [2.45, 2.75) is 19.9 Å². The van der Waals surface area contributed by atoms with Gasteiger partial charge in [-0.15, -0.1) is 0 Å². The second-order valence-electron chi connectivity index (χ2n) is 4.38. The van der Waals surface area contributed by atoms with Crippen molar-refractivity contribution in [3.8, 4) is 0 Å². The van der Waals surface area contributed by atoms with Gasteiger partial charge in [-0.05, 0) is 54.8 Å². The van der Waals surface area contributed by atoms with Crippen molar-refractivity contribution < 1.29 is 0 Å². The number of aryl methyl sites for hydroxylation is 1. The zero-order valence-electron chi connectivity index (χ0n) is 10.5. The Bertz CT molecular complexity index is 497. The third-order valence-electron chi connectivity index (χ3n) is 2.86. The molecule has 3 heteroatoms. The third-order valence-corrected chi connectivity index (χ3v) is 3.60. The van der Waals surface area contributed by atoms with Crippen LogP contribution in [0.15, 0.2) is 47.2 Å². The Balaban J connectivity index is 1.79. The van der Waals surface area contributed by atoms with Crippen LogP contribution in [0.5, 0.6) is 0 Å². The van der Waals surface area contributed by atoms with E-state index < -0.39 is 0 Å². The fourth-order valence-corrected chi connectivity index (χ4v) is 2.43. The van der Waals surface area contributed by atoms with Crippen molar-refractivity contribution >= 4 is 15.9 Å². The predicted octanol–water partition coefficient (Wildman–Crippen LogP) is 3.48. The monoisotopic (exact) mass is 304 g/mol. The maximum absolute atomic E-state index is 4.01. The number of halogens is 1. The van der Waals surface area contributed by atoms with Crippen LogP contribution in [0.25, 0.3) is 0 Å². The van der Waals surface area contributed by atoms with E-state index in [1.807, 2.05) is 12.4 Å². The van der Waals surface area contributed by atoms with E-state index in [0.717, 1.165) is 19.5 Å². The Morgan fingerprint density at radius 1 is 1.17 bits per heavy atom. The maximum atomic E-state index is 4.01. The Morgan fingerprint density at radius 2 is 1.94 bits per heavy atom. The first-order chi connectivity index (χ1) is 8.75. The minimum absolute atomic E-state index is 0.895. The number of nitrogens with zero attached hydrogens (tertiary/aromatic N) is 1. The summed E-state index contributed by atoms with van der Waals surface area (Å²) in [6.45, 7) is 3.97. The minimum atomic E-state index is 0.895. The molecule has 94 valence electrons. The van der Waals surface area contributed by atoms with Gasteiger partial charge in [-0.3, -0.25) is 4.98 Å². The molecule has 2 rings (SSSR count). The van der Waals surface area contributed by atoms with Gasteiger partial charge in [0.15, 0.2) is 0 Å². The maximum Gasteiger partial charge on any atom is 0.0270 e. The summed E-state index contributed by atoms with van der Waals surface area (Å²) < 4.78 is 1.18. The molecule has 0 amide bonds. The lowest BCUT2D eigenvalue weighted by Gasteiger charge is -2.07. The van der Waals surface area contributed by atoms with Crippen LogP contribution in [0.3, 0.4) is 0 Å². The molecule has 0 atom stereocenters. The van der Waals surface area contributed by atoms with Crippen molar-refractivity contribution in [1.82, 2.24) is 10.3 Å². The van der Waals surface area contributed by atoms with Gasteiger partial charge in [0.25, 0.3) is 0 Å². The van der Waals surface area contributed by atoms with Gasteiger partial charge in [0.2, 0.25) is 0 Å². The standard InChI is InChI=1S/C15H17BrN2/c1-12-2-3-14(15(16)10-12)11-18-9-6-13-4-7-17-8-5-13/h2-5,7-8,10,18H,6,9,11H2,1H3. The van der Waals surface area contributed by atoms with Gasteiger partial charge in [0, 0.05) is 23.4 Å². The van der Waals surface area contributed by atoms with E-state index in [1.54, 1.807) is 0 Å². The average Bonchev–Trinajstić information content (AvgIpc) is 2.38. The zero-order chi connectivity index (χ0) is 12.8. The molecule has 1 heterocycles. The van der Waals surface area contributed by atoms with Crippen LogP contribution in [0.2, 0.25) is 0 Å². The third kappa shape index (κ3) is 3.93. The van der Waals surface area contributed by atoms with Gasteiger partial charge in [0.05, 0.1) is 0 Å². The lowest BCUT2D eigenvalue weighted by molar-refractivity contribution is 0.685. The molecule has 1 aromatic heterocycles. The van der Waals surface area contributed by atoms with Crippen LogP contribution >= 0.6 is 15.9 Å². The molecular weight excluding hydrogens is 288 g/mol. The average molecular weight is 305 g/mol. The molecule has 18 heavy (non-hydrogen) atoms. The Hall–Kier alpha value is -1.19. The van der Waals surface area contributed by atoms with Crippen molar-refractivity contribution in [1.29, 1.82) is 0 Å². The first kappa shape index (κ1) is 13.2. The predicted molar refractivity (Wildman–Crippen MR) is 78.5 cm³/mol. The Morgan fingerprint density at radius 3 is 2.67 bits per heavy atom. The summed E-state index contributed by atoms with van der Waals surface area (Å²) in [4.78, 5) is 4.01. The van der Waals surface area contributed by atoms with Gasteiger partial charge in [-0.25, -0.2) is 0 Å². The fraction of sp³-hybridized carbons (Fsp3) is 0.267. The second kappa shape index (κ2) is 6.66. The van der Waals surface area contributed by atoms with Gasteiger partial charge >= 0.3 is 0 Å². The lowest BCUT2D eigenvalue weighted by atomic mass is 10.1. The number of nitrogens with one attached hydrogen (secondary N) is 1. The first-order valence-electron chi connectivity index (χ1n) is 6.10. The summed E-state index contributed by atoms with van der Waals surface area (Å²) in [5.41, 5.74) is 3.90. The normalized spacial score (nSPS) is 10.6. The van der Waals surface area contributed by atoms with E-state index in [1.165, 1.54) is 21.2 Å². The molecule has 0 aliphatic rings. The van der Waals surface area contributed by atoms with E-state index in [-0.39, 0.29) is 0 Å². The molecule has 0 radical (unpaired) electrons. The topological polar surface area (TPSA) is 24.9 Å². The number of hydrogen-bond acceptors (Lipinski definition) is 2. The van der Waals surface area contributed by atoms with Crippen molar-refractivity contribution in [2.24, 2.45) is 0 Å². The van der Waals surface area contributed by atoms with Crippen molar-refractivity contribution in [2.75, 3.05) is 6.54 Å². The molecule has 2 aromatic rings. The van der Waals surface area contributed by atoms with Gasteiger partial charge in [-0.2, -0.15) is 0 Å². The van der Waals surface area contributed by atoms with Crippen LogP contribution in [0.4, 0.5) is 0 Å². The first-order valence-corrected chi connectivity index (χ1v) is 6.89. The summed E-state index contributed by atoms with van der Waals surface area (Å²) in [5.74, 6) is 0. The van der Waals surface area contributed by atoms with Crippen LogP contribution in [0.1, 0.15) is 16.7 Å². The van der Waals surface area contributed by atoms with E-state index in [0.29, 0.717) is 0 Å². The quantitative estimate of drug-likeness (QED) is 0.855. The summed E-state index contributed by atoms with van der Waals surface area (Å²) in [6, 6.07) is 10.6. The van der Waals surface area contributed by atoms with Gasteiger partial charge in [-0.1, -0.05) is 28.1 Å². The fourth-order valence-electron chi connectivity index (χ4n) is 1.80. The number of rotatable bonds is 5. The smallest absolute Gasteiger partial charge is 0.0270 e. The highest BCUT2D eigenvalue weighted by molar-refractivity contribution is 9.10. The van der Waals surface area contributed by atoms with E-state index in [4.69, 9.17) is 0 Å². The highest BCUT2D eigenvalue weighted by atomic mass is 79.9. The molecule has 0 bridgehead atoms.